The Hall–Kier alpha value is -2.41. The van der Waals surface area contributed by atoms with Gasteiger partial charge in [-0.2, -0.15) is 0 Å². The van der Waals surface area contributed by atoms with E-state index >= 15 is 0 Å². The van der Waals surface area contributed by atoms with E-state index in [2.05, 4.69) is 26.4 Å². The molecule has 1 aromatic carbocycles. The summed E-state index contributed by atoms with van der Waals surface area (Å²) in [6.07, 6.45) is 0. The molecule has 0 fully saturated rings. The van der Waals surface area contributed by atoms with Gasteiger partial charge in [0.2, 0.25) is 0 Å². The molecule has 1 aromatic heterocycles. The number of halogens is 2. The normalized spacial score (nSPS) is 9.79. The van der Waals surface area contributed by atoms with E-state index in [9.17, 15) is 9.18 Å². The SMILES string of the molecule is O=C(NNc1ccc(Cl)nn1)Nc1ccc(F)cc1. The molecule has 8 heteroatoms. The summed E-state index contributed by atoms with van der Waals surface area (Å²) < 4.78 is 12.7. The monoisotopic (exact) mass is 281 g/mol. The maximum absolute atomic E-state index is 12.7. The van der Waals surface area contributed by atoms with Gasteiger partial charge >= 0.3 is 6.03 Å². The Morgan fingerprint density at radius 3 is 2.47 bits per heavy atom. The van der Waals surface area contributed by atoms with E-state index in [-0.39, 0.29) is 11.0 Å². The maximum Gasteiger partial charge on any atom is 0.337 e. The second-order valence-corrected chi connectivity index (χ2v) is 3.84. The molecule has 98 valence electrons. The molecular weight excluding hydrogens is 273 g/mol. The van der Waals surface area contributed by atoms with Crippen LogP contribution in [0.4, 0.5) is 20.7 Å². The molecule has 0 atom stereocenters. The summed E-state index contributed by atoms with van der Waals surface area (Å²) in [7, 11) is 0. The summed E-state index contributed by atoms with van der Waals surface area (Å²) in [6.45, 7) is 0. The van der Waals surface area contributed by atoms with E-state index in [1.54, 1.807) is 6.07 Å². The average molecular weight is 282 g/mol. The highest BCUT2D eigenvalue weighted by molar-refractivity contribution is 6.29. The molecule has 3 N–H and O–H groups in total. The van der Waals surface area contributed by atoms with Crippen molar-refractivity contribution in [3.05, 3.63) is 47.4 Å². The minimum atomic E-state index is -0.525. The number of rotatable bonds is 3. The zero-order valence-electron chi connectivity index (χ0n) is 9.52. The van der Waals surface area contributed by atoms with Crippen LogP contribution < -0.4 is 16.2 Å². The van der Waals surface area contributed by atoms with Crippen LogP contribution in [0.25, 0.3) is 0 Å². The molecule has 0 saturated heterocycles. The van der Waals surface area contributed by atoms with Crippen molar-refractivity contribution in [2.24, 2.45) is 0 Å². The number of amides is 2. The van der Waals surface area contributed by atoms with Gasteiger partial charge in [-0.1, -0.05) is 11.6 Å². The number of aromatic nitrogens is 2. The fourth-order valence-corrected chi connectivity index (χ4v) is 1.30. The predicted molar refractivity (Wildman–Crippen MR) is 69.2 cm³/mol. The lowest BCUT2D eigenvalue weighted by atomic mass is 10.3. The van der Waals surface area contributed by atoms with Crippen LogP contribution >= 0.6 is 11.6 Å². The van der Waals surface area contributed by atoms with E-state index in [1.165, 1.54) is 30.3 Å². The molecule has 0 aliphatic heterocycles. The molecule has 6 nitrogen and oxygen atoms in total. The zero-order valence-corrected chi connectivity index (χ0v) is 10.3. The lowest BCUT2D eigenvalue weighted by Crippen LogP contribution is -2.33. The number of anilines is 2. The molecule has 19 heavy (non-hydrogen) atoms. The number of hydrogen-bond acceptors (Lipinski definition) is 4. The second-order valence-electron chi connectivity index (χ2n) is 3.45. The Bertz CT molecular complexity index is 560. The van der Waals surface area contributed by atoms with Crippen molar-refractivity contribution < 1.29 is 9.18 Å². The topological polar surface area (TPSA) is 78.9 Å². The van der Waals surface area contributed by atoms with Gasteiger partial charge in [-0.25, -0.2) is 14.6 Å². The van der Waals surface area contributed by atoms with Crippen molar-refractivity contribution >= 4 is 29.1 Å². The van der Waals surface area contributed by atoms with Gasteiger partial charge in [0.25, 0.3) is 0 Å². The first-order valence-corrected chi connectivity index (χ1v) is 5.59. The molecule has 0 unspecified atom stereocenters. The first-order chi connectivity index (χ1) is 9.13. The molecule has 1 heterocycles. The second kappa shape index (κ2) is 5.96. The summed E-state index contributed by atoms with van der Waals surface area (Å²) in [5.41, 5.74) is 5.34. The number of benzene rings is 1. The minimum absolute atomic E-state index is 0.251. The first kappa shape index (κ1) is 13.0. The molecule has 0 saturated carbocycles. The van der Waals surface area contributed by atoms with E-state index in [1.807, 2.05) is 0 Å². The third kappa shape index (κ3) is 4.07. The third-order valence-corrected chi connectivity index (χ3v) is 2.24. The van der Waals surface area contributed by atoms with Crippen molar-refractivity contribution in [3.8, 4) is 0 Å². The lowest BCUT2D eigenvalue weighted by molar-refractivity contribution is 0.254. The number of nitrogens with one attached hydrogen (secondary N) is 3. The van der Waals surface area contributed by atoms with E-state index < -0.39 is 6.03 Å². The molecule has 0 radical (unpaired) electrons. The van der Waals surface area contributed by atoms with Crippen LogP contribution in [0.1, 0.15) is 0 Å². The molecule has 0 spiro atoms. The molecular formula is C11H9ClFN5O. The van der Waals surface area contributed by atoms with Gasteiger partial charge in [0, 0.05) is 5.69 Å². The molecule has 0 aliphatic carbocycles. The summed E-state index contributed by atoms with van der Waals surface area (Å²) >= 11 is 5.56. The van der Waals surface area contributed by atoms with Crippen LogP contribution in [0.15, 0.2) is 36.4 Å². The Morgan fingerprint density at radius 1 is 1.11 bits per heavy atom. The van der Waals surface area contributed by atoms with Crippen molar-refractivity contribution in [1.29, 1.82) is 0 Å². The quantitative estimate of drug-likeness (QED) is 0.755. The molecule has 0 bridgehead atoms. The van der Waals surface area contributed by atoms with Crippen LogP contribution in [0.2, 0.25) is 5.15 Å². The largest absolute Gasteiger partial charge is 0.337 e. The Morgan fingerprint density at radius 2 is 1.84 bits per heavy atom. The highest BCUT2D eigenvalue weighted by atomic mass is 35.5. The van der Waals surface area contributed by atoms with E-state index in [0.717, 1.165) is 0 Å². The number of nitrogens with zero attached hydrogens (tertiary/aromatic N) is 2. The molecule has 2 rings (SSSR count). The highest BCUT2D eigenvalue weighted by Gasteiger charge is 2.02. The maximum atomic E-state index is 12.7. The van der Waals surface area contributed by atoms with Crippen molar-refractivity contribution in [3.63, 3.8) is 0 Å². The van der Waals surface area contributed by atoms with Gasteiger partial charge < -0.3 is 5.32 Å². The highest BCUT2D eigenvalue weighted by Crippen LogP contribution is 2.08. The fraction of sp³-hybridized carbons (Fsp3) is 0. The van der Waals surface area contributed by atoms with Gasteiger partial charge in [0.1, 0.15) is 5.82 Å². The van der Waals surface area contributed by atoms with Crippen molar-refractivity contribution in [2.45, 2.75) is 0 Å². The summed E-state index contributed by atoms with van der Waals surface area (Å²) in [5, 5.41) is 10.0. The van der Waals surface area contributed by atoms with Crippen molar-refractivity contribution in [2.75, 3.05) is 10.7 Å². The number of hydrazine groups is 1. The van der Waals surface area contributed by atoms with Gasteiger partial charge in [-0.05, 0) is 36.4 Å². The molecule has 2 amide bonds. The van der Waals surface area contributed by atoms with Gasteiger partial charge in [0.05, 0.1) is 0 Å². The van der Waals surface area contributed by atoms with Gasteiger partial charge in [-0.15, -0.1) is 10.2 Å². The summed E-state index contributed by atoms with van der Waals surface area (Å²) in [6, 6.07) is 7.92. The molecule has 2 aromatic rings. The van der Waals surface area contributed by atoms with Crippen LogP contribution in [-0.4, -0.2) is 16.2 Å². The minimum Gasteiger partial charge on any atom is -0.307 e. The van der Waals surface area contributed by atoms with E-state index in [0.29, 0.717) is 11.5 Å². The van der Waals surface area contributed by atoms with Gasteiger partial charge in [0.15, 0.2) is 11.0 Å². The van der Waals surface area contributed by atoms with Crippen molar-refractivity contribution in [1.82, 2.24) is 15.6 Å². The Labute approximate surface area is 113 Å². The third-order valence-electron chi connectivity index (χ3n) is 2.04. The number of carbonyl (C=O) groups excluding carboxylic acids is 1. The van der Waals surface area contributed by atoms with Gasteiger partial charge in [-0.3, -0.25) is 5.43 Å². The van der Waals surface area contributed by atoms with Crippen LogP contribution in [0.3, 0.4) is 0 Å². The molecule has 0 aliphatic rings. The number of hydrogen-bond donors (Lipinski definition) is 3. The smallest absolute Gasteiger partial charge is 0.307 e. The Balaban J connectivity index is 1.84. The lowest BCUT2D eigenvalue weighted by Gasteiger charge is -2.08. The summed E-state index contributed by atoms with van der Waals surface area (Å²) in [5.74, 6) is -0.0424. The first-order valence-electron chi connectivity index (χ1n) is 5.21. The summed E-state index contributed by atoms with van der Waals surface area (Å²) in [4.78, 5) is 11.5. The van der Waals surface area contributed by atoms with Crippen LogP contribution in [0.5, 0.6) is 0 Å². The Kier molecular flexibility index (Phi) is 4.09. The van der Waals surface area contributed by atoms with Crippen LogP contribution in [-0.2, 0) is 0 Å². The standard InChI is InChI=1S/C11H9ClFN5O/c12-9-5-6-10(16-15-9)17-18-11(19)14-8-3-1-7(13)2-4-8/h1-6H,(H,16,17)(H2,14,18,19). The van der Waals surface area contributed by atoms with Crippen LogP contribution in [0, 0.1) is 5.82 Å². The predicted octanol–water partition coefficient (Wildman–Crippen LogP) is 2.42. The number of urea groups is 1. The van der Waals surface area contributed by atoms with E-state index in [4.69, 9.17) is 11.6 Å². The zero-order chi connectivity index (χ0) is 13.7. The fourth-order valence-electron chi connectivity index (χ4n) is 1.20. The number of carbonyl (C=O) groups is 1. The average Bonchev–Trinajstić information content (AvgIpc) is 2.41.